The van der Waals surface area contributed by atoms with E-state index in [2.05, 4.69) is 20.8 Å². The third-order valence-electron chi connectivity index (χ3n) is 4.99. The van der Waals surface area contributed by atoms with E-state index in [-0.39, 0.29) is 11.0 Å². The molecule has 1 atom stereocenters. The highest BCUT2D eigenvalue weighted by Gasteiger charge is 2.37. The van der Waals surface area contributed by atoms with Gasteiger partial charge < -0.3 is 4.74 Å². The van der Waals surface area contributed by atoms with Gasteiger partial charge in [-0.15, -0.1) is 0 Å². The Morgan fingerprint density at radius 2 is 2.00 bits per heavy atom. The van der Waals surface area contributed by atoms with Crippen LogP contribution in [0.15, 0.2) is 12.1 Å². The quantitative estimate of drug-likeness (QED) is 0.698. The standard InChI is InChI=1S/C19H28FNO4S/c1-5-9-19(4,6-2)12-25-17-11-16(20)15(10-13(17)3)18(22)21-26(23,24)14-7-8-14/h10-11,14H,5-9,12H2,1-4H3,(H,21,22). The van der Waals surface area contributed by atoms with Crippen LogP contribution in [0.1, 0.15) is 68.8 Å². The first kappa shape index (κ1) is 20.7. The second-order valence-corrected chi connectivity index (χ2v) is 9.44. The van der Waals surface area contributed by atoms with Gasteiger partial charge in [-0.05, 0) is 44.2 Å². The lowest BCUT2D eigenvalue weighted by Gasteiger charge is -2.28. The molecule has 0 aromatic heterocycles. The zero-order chi connectivity index (χ0) is 19.5. The molecule has 0 spiro atoms. The number of carbonyl (C=O) groups is 1. The zero-order valence-corrected chi connectivity index (χ0v) is 16.7. The molecule has 1 aromatic carbocycles. The van der Waals surface area contributed by atoms with Gasteiger partial charge in [0.15, 0.2) is 0 Å². The molecule has 7 heteroatoms. The number of carbonyl (C=O) groups excluding carboxylic acids is 1. The van der Waals surface area contributed by atoms with E-state index in [0.717, 1.165) is 25.3 Å². The lowest BCUT2D eigenvalue weighted by Crippen LogP contribution is -2.33. The second-order valence-electron chi connectivity index (χ2n) is 7.48. The first-order chi connectivity index (χ1) is 12.1. The highest BCUT2D eigenvalue weighted by molar-refractivity contribution is 7.91. The molecule has 1 unspecified atom stereocenters. The molecular formula is C19H28FNO4S. The van der Waals surface area contributed by atoms with Crippen LogP contribution in [-0.2, 0) is 10.0 Å². The first-order valence-corrected chi connectivity index (χ1v) is 10.7. The molecule has 1 amide bonds. The Balaban J connectivity index is 2.13. The van der Waals surface area contributed by atoms with Crippen molar-refractivity contribution in [2.45, 2.75) is 65.0 Å². The highest BCUT2D eigenvalue weighted by Crippen LogP contribution is 2.31. The van der Waals surface area contributed by atoms with Gasteiger partial charge >= 0.3 is 0 Å². The zero-order valence-electron chi connectivity index (χ0n) is 15.9. The number of rotatable bonds is 9. The summed E-state index contributed by atoms with van der Waals surface area (Å²) in [5.74, 6) is -1.35. The molecule has 0 radical (unpaired) electrons. The van der Waals surface area contributed by atoms with E-state index in [9.17, 15) is 17.6 Å². The van der Waals surface area contributed by atoms with E-state index >= 15 is 0 Å². The second kappa shape index (κ2) is 7.94. The van der Waals surface area contributed by atoms with Gasteiger partial charge in [-0.2, -0.15) is 0 Å². The normalized spacial score (nSPS) is 16.8. The highest BCUT2D eigenvalue weighted by atomic mass is 32.2. The van der Waals surface area contributed by atoms with Crippen molar-refractivity contribution in [2.75, 3.05) is 6.61 Å². The van der Waals surface area contributed by atoms with E-state index in [0.29, 0.717) is 30.8 Å². The van der Waals surface area contributed by atoms with Crippen LogP contribution in [-0.4, -0.2) is 26.2 Å². The van der Waals surface area contributed by atoms with E-state index in [1.807, 2.05) is 4.72 Å². The topological polar surface area (TPSA) is 72.5 Å². The number of amides is 1. The summed E-state index contributed by atoms with van der Waals surface area (Å²) in [6, 6.07) is 2.50. The number of ether oxygens (including phenoxy) is 1. The van der Waals surface area contributed by atoms with Crippen LogP contribution in [0.4, 0.5) is 4.39 Å². The summed E-state index contributed by atoms with van der Waals surface area (Å²) in [6.45, 7) is 8.51. The van der Waals surface area contributed by atoms with Gasteiger partial charge in [-0.25, -0.2) is 17.5 Å². The van der Waals surface area contributed by atoms with Crippen LogP contribution >= 0.6 is 0 Å². The van der Waals surface area contributed by atoms with Crippen LogP contribution in [0.5, 0.6) is 5.75 Å². The van der Waals surface area contributed by atoms with Crippen LogP contribution in [0.25, 0.3) is 0 Å². The van der Waals surface area contributed by atoms with Gasteiger partial charge in [-0.1, -0.05) is 27.2 Å². The maximum Gasteiger partial charge on any atom is 0.267 e. The van der Waals surface area contributed by atoms with Gasteiger partial charge in [0, 0.05) is 11.5 Å². The maximum absolute atomic E-state index is 14.4. The van der Waals surface area contributed by atoms with Crippen LogP contribution in [0.2, 0.25) is 0 Å². The largest absolute Gasteiger partial charge is 0.493 e. The number of hydrogen-bond acceptors (Lipinski definition) is 4. The molecule has 1 fully saturated rings. The minimum Gasteiger partial charge on any atom is -0.493 e. The summed E-state index contributed by atoms with van der Waals surface area (Å²) in [5.41, 5.74) is 0.313. The minimum atomic E-state index is -3.71. The van der Waals surface area contributed by atoms with Gasteiger partial charge in [-0.3, -0.25) is 4.79 Å². The van der Waals surface area contributed by atoms with E-state index in [1.165, 1.54) is 6.07 Å². The summed E-state index contributed by atoms with van der Waals surface area (Å²) < 4.78 is 45.9. The predicted octanol–water partition coefficient (Wildman–Crippen LogP) is 3.95. The van der Waals surface area contributed by atoms with Crippen LogP contribution < -0.4 is 9.46 Å². The Morgan fingerprint density at radius 3 is 2.54 bits per heavy atom. The van der Waals surface area contributed by atoms with Gasteiger partial charge in [0.2, 0.25) is 10.0 Å². The SMILES string of the molecule is CCCC(C)(CC)COc1cc(F)c(C(=O)NS(=O)(=O)C2CC2)cc1C. The lowest BCUT2D eigenvalue weighted by atomic mass is 9.84. The first-order valence-electron chi connectivity index (χ1n) is 9.11. The summed E-state index contributed by atoms with van der Waals surface area (Å²) in [4.78, 5) is 12.2. The molecule has 146 valence electrons. The summed E-state index contributed by atoms with van der Waals surface area (Å²) in [6.07, 6.45) is 4.05. The molecule has 1 saturated carbocycles. The molecule has 5 nitrogen and oxygen atoms in total. The predicted molar refractivity (Wildman–Crippen MR) is 99.3 cm³/mol. The van der Waals surface area contributed by atoms with Crippen molar-refractivity contribution < 1.29 is 22.3 Å². The van der Waals surface area contributed by atoms with E-state index in [1.54, 1.807) is 6.92 Å². The fraction of sp³-hybridized carbons (Fsp3) is 0.632. The number of hydrogen-bond donors (Lipinski definition) is 1. The molecule has 1 aliphatic rings. The molecular weight excluding hydrogens is 357 g/mol. The number of sulfonamides is 1. The maximum atomic E-state index is 14.4. The van der Waals surface area contributed by atoms with Crippen molar-refractivity contribution in [3.63, 3.8) is 0 Å². The Bertz CT molecular complexity index is 774. The molecule has 0 bridgehead atoms. The molecule has 1 aliphatic carbocycles. The molecule has 1 aromatic rings. The van der Waals surface area contributed by atoms with Crippen molar-refractivity contribution in [3.05, 3.63) is 29.1 Å². The van der Waals surface area contributed by atoms with Crippen molar-refractivity contribution in [3.8, 4) is 5.75 Å². The Hall–Kier alpha value is -1.63. The molecule has 0 heterocycles. The number of halogens is 1. The molecule has 26 heavy (non-hydrogen) atoms. The molecule has 0 saturated heterocycles. The minimum absolute atomic E-state index is 0.00601. The summed E-state index contributed by atoms with van der Waals surface area (Å²) >= 11 is 0. The average Bonchev–Trinajstić information content (AvgIpc) is 3.40. The Morgan fingerprint density at radius 1 is 1.35 bits per heavy atom. The monoisotopic (exact) mass is 385 g/mol. The van der Waals surface area contributed by atoms with Gasteiger partial charge in [0.25, 0.3) is 5.91 Å². The molecule has 0 aliphatic heterocycles. The van der Waals surface area contributed by atoms with Crippen molar-refractivity contribution in [2.24, 2.45) is 5.41 Å². The van der Waals surface area contributed by atoms with Crippen molar-refractivity contribution in [1.29, 1.82) is 0 Å². The Labute approximate surface area is 155 Å². The number of benzene rings is 1. The summed E-state index contributed by atoms with van der Waals surface area (Å²) in [5, 5.41) is -0.538. The summed E-state index contributed by atoms with van der Waals surface area (Å²) in [7, 11) is -3.71. The smallest absolute Gasteiger partial charge is 0.267 e. The Kier molecular flexibility index (Phi) is 6.32. The van der Waals surface area contributed by atoms with Gasteiger partial charge in [0.05, 0.1) is 17.4 Å². The lowest BCUT2D eigenvalue weighted by molar-refractivity contribution is 0.0977. The van der Waals surface area contributed by atoms with Crippen LogP contribution in [0, 0.1) is 18.2 Å². The third kappa shape index (κ3) is 4.96. The number of nitrogens with one attached hydrogen (secondary N) is 1. The fourth-order valence-corrected chi connectivity index (χ4v) is 4.14. The number of aryl methyl sites for hydroxylation is 1. The van der Waals surface area contributed by atoms with Gasteiger partial charge in [0.1, 0.15) is 11.6 Å². The van der Waals surface area contributed by atoms with Crippen LogP contribution in [0.3, 0.4) is 0 Å². The average molecular weight is 386 g/mol. The van der Waals surface area contributed by atoms with Crippen molar-refractivity contribution >= 4 is 15.9 Å². The molecule has 2 rings (SSSR count). The van der Waals surface area contributed by atoms with E-state index < -0.39 is 27.0 Å². The molecule has 1 N–H and O–H groups in total. The van der Waals surface area contributed by atoms with E-state index in [4.69, 9.17) is 4.74 Å². The van der Waals surface area contributed by atoms with Crippen molar-refractivity contribution in [1.82, 2.24) is 4.72 Å². The third-order valence-corrected chi connectivity index (χ3v) is 6.81. The fourth-order valence-electron chi connectivity index (χ4n) is 2.85.